The van der Waals surface area contributed by atoms with Crippen molar-refractivity contribution >= 4 is 11.8 Å². The lowest BCUT2D eigenvalue weighted by molar-refractivity contribution is -0.152. The van der Waals surface area contributed by atoms with Crippen LogP contribution in [0.3, 0.4) is 0 Å². The van der Waals surface area contributed by atoms with Crippen molar-refractivity contribution in [3.8, 4) is 23.0 Å². The average molecular weight is 541 g/mol. The molecule has 1 atom stereocenters. The van der Waals surface area contributed by atoms with E-state index in [2.05, 4.69) is 19.9 Å². The van der Waals surface area contributed by atoms with Gasteiger partial charge in [-0.25, -0.2) is 4.79 Å². The van der Waals surface area contributed by atoms with Crippen molar-refractivity contribution in [1.29, 1.82) is 0 Å². The van der Waals surface area contributed by atoms with Gasteiger partial charge in [-0.1, -0.05) is 32.8 Å². The van der Waals surface area contributed by atoms with Gasteiger partial charge in [-0.05, 0) is 82.6 Å². The molecule has 0 bridgehead atoms. The van der Waals surface area contributed by atoms with Crippen molar-refractivity contribution in [2.45, 2.75) is 91.6 Å². The number of rotatable bonds is 16. The fraction of sp³-hybridized carbons (Fsp3) is 0.562. The number of aryl methyl sites for hydroxylation is 1. The standard InChI is InChI=1S/C32H44O7/c1-6-12-25-27(17-14-23-15-18-29(39-30(23)25)32(34)36-8-3)37-20-10-9-11-21-38-28-19-16-24(22(4)33)31(35-5)26(28)13-7-2/h14,16-17,19,29H,6-13,15,18,20-21H2,1-5H3. The summed E-state index contributed by atoms with van der Waals surface area (Å²) < 4.78 is 29.2. The number of hydrogen-bond acceptors (Lipinski definition) is 7. The monoisotopic (exact) mass is 540 g/mol. The Morgan fingerprint density at radius 2 is 1.54 bits per heavy atom. The molecule has 3 rings (SSSR count). The summed E-state index contributed by atoms with van der Waals surface area (Å²) in [5.41, 5.74) is 3.72. The molecule has 0 fully saturated rings. The molecule has 2 aromatic carbocycles. The number of ether oxygens (including phenoxy) is 5. The zero-order chi connectivity index (χ0) is 28.2. The fourth-order valence-corrected chi connectivity index (χ4v) is 5.00. The first-order valence-electron chi connectivity index (χ1n) is 14.4. The van der Waals surface area contributed by atoms with Crippen LogP contribution in [0.15, 0.2) is 24.3 Å². The van der Waals surface area contributed by atoms with Crippen molar-refractivity contribution in [3.05, 3.63) is 46.5 Å². The molecule has 0 N–H and O–H groups in total. The Morgan fingerprint density at radius 1 is 0.897 bits per heavy atom. The average Bonchev–Trinajstić information content (AvgIpc) is 2.93. The molecule has 0 aromatic heterocycles. The third kappa shape index (κ3) is 7.90. The van der Waals surface area contributed by atoms with Crippen LogP contribution in [0.1, 0.15) is 93.3 Å². The predicted molar refractivity (Wildman–Crippen MR) is 152 cm³/mol. The van der Waals surface area contributed by atoms with Gasteiger partial charge >= 0.3 is 5.97 Å². The Hall–Kier alpha value is -3.22. The summed E-state index contributed by atoms with van der Waals surface area (Å²) in [7, 11) is 1.60. The summed E-state index contributed by atoms with van der Waals surface area (Å²) in [5, 5.41) is 0. The van der Waals surface area contributed by atoms with Crippen LogP contribution < -0.4 is 18.9 Å². The number of benzene rings is 2. The molecular weight excluding hydrogens is 496 g/mol. The summed E-state index contributed by atoms with van der Waals surface area (Å²) in [6.07, 6.45) is 7.12. The highest BCUT2D eigenvalue weighted by atomic mass is 16.6. The smallest absolute Gasteiger partial charge is 0.347 e. The van der Waals surface area contributed by atoms with E-state index in [9.17, 15) is 9.59 Å². The van der Waals surface area contributed by atoms with Crippen molar-refractivity contribution < 1.29 is 33.3 Å². The maximum Gasteiger partial charge on any atom is 0.347 e. The molecule has 214 valence electrons. The summed E-state index contributed by atoms with van der Waals surface area (Å²) >= 11 is 0. The number of fused-ring (bicyclic) bond motifs is 1. The van der Waals surface area contributed by atoms with E-state index in [1.165, 1.54) is 0 Å². The first-order chi connectivity index (χ1) is 18.9. The number of unbranched alkanes of at least 4 members (excludes halogenated alkanes) is 2. The Labute approximate surface area is 233 Å². The first kappa shape index (κ1) is 30.3. The Kier molecular flexibility index (Phi) is 12.0. The minimum absolute atomic E-state index is 0.0119. The molecule has 1 heterocycles. The van der Waals surface area contributed by atoms with Gasteiger partial charge in [0.1, 0.15) is 23.0 Å². The SMILES string of the molecule is CCCc1c(OCCCCCOc2ccc(C(C)=O)c(OC)c2CCC)ccc2c1OC(C(=O)OCC)CC2. The number of esters is 1. The molecule has 0 saturated carbocycles. The lowest BCUT2D eigenvalue weighted by atomic mass is 9.96. The maximum atomic E-state index is 12.3. The van der Waals surface area contributed by atoms with Crippen LogP contribution in [0.5, 0.6) is 23.0 Å². The third-order valence-corrected chi connectivity index (χ3v) is 6.89. The van der Waals surface area contributed by atoms with Crippen LogP contribution in [0.25, 0.3) is 0 Å². The predicted octanol–water partition coefficient (Wildman–Crippen LogP) is 6.69. The molecule has 0 amide bonds. The normalized spacial score (nSPS) is 14.2. The summed E-state index contributed by atoms with van der Waals surface area (Å²) in [5.74, 6) is 2.73. The number of carbonyl (C=O) groups is 2. The van der Waals surface area contributed by atoms with E-state index in [0.29, 0.717) is 37.6 Å². The van der Waals surface area contributed by atoms with Gasteiger partial charge in [-0.3, -0.25) is 4.79 Å². The fourth-order valence-electron chi connectivity index (χ4n) is 5.00. The quantitative estimate of drug-likeness (QED) is 0.133. The van der Waals surface area contributed by atoms with Crippen LogP contribution in [-0.2, 0) is 28.8 Å². The molecule has 0 aliphatic carbocycles. The maximum absolute atomic E-state index is 12.3. The van der Waals surface area contributed by atoms with Gasteiger partial charge in [0.15, 0.2) is 11.9 Å². The second-order valence-electron chi connectivity index (χ2n) is 9.86. The summed E-state index contributed by atoms with van der Waals surface area (Å²) in [6.45, 7) is 9.12. The van der Waals surface area contributed by atoms with E-state index < -0.39 is 6.10 Å². The highest BCUT2D eigenvalue weighted by Gasteiger charge is 2.30. The molecule has 1 aliphatic heterocycles. The van der Waals surface area contributed by atoms with Gasteiger partial charge in [-0.15, -0.1) is 0 Å². The van der Waals surface area contributed by atoms with Crippen LogP contribution in [-0.4, -0.2) is 44.8 Å². The molecule has 39 heavy (non-hydrogen) atoms. The second kappa shape index (κ2) is 15.4. The molecule has 1 unspecified atom stereocenters. The number of ketones is 1. The molecule has 0 saturated heterocycles. The van der Waals surface area contributed by atoms with Crippen LogP contribution in [0.2, 0.25) is 0 Å². The number of carbonyl (C=O) groups excluding carboxylic acids is 2. The van der Waals surface area contributed by atoms with Crippen LogP contribution in [0.4, 0.5) is 0 Å². The minimum atomic E-state index is -0.556. The molecule has 2 aromatic rings. The van der Waals surface area contributed by atoms with Crippen molar-refractivity contribution in [1.82, 2.24) is 0 Å². The van der Waals surface area contributed by atoms with E-state index in [1.54, 1.807) is 20.1 Å². The lowest BCUT2D eigenvalue weighted by Gasteiger charge is -2.27. The number of Topliss-reactive ketones (excluding diaryl/α,β-unsaturated/α-hetero) is 1. The van der Waals surface area contributed by atoms with E-state index in [0.717, 1.165) is 85.3 Å². The zero-order valence-electron chi connectivity index (χ0n) is 24.2. The number of hydrogen-bond donors (Lipinski definition) is 0. The van der Waals surface area contributed by atoms with Gasteiger partial charge in [0, 0.05) is 11.1 Å². The van der Waals surface area contributed by atoms with E-state index in [1.807, 2.05) is 19.1 Å². The molecule has 7 nitrogen and oxygen atoms in total. The summed E-state index contributed by atoms with van der Waals surface area (Å²) in [4.78, 5) is 24.3. The van der Waals surface area contributed by atoms with Gasteiger partial charge in [0.25, 0.3) is 0 Å². The van der Waals surface area contributed by atoms with Crippen molar-refractivity contribution in [2.24, 2.45) is 0 Å². The molecule has 1 aliphatic rings. The lowest BCUT2D eigenvalue weighted by Crippen LogP contribution is -2.33. The molecule has 0 radical (unpaired) electrons. The van der Waals surface area contributed by atoms with E-state index in [-0.39, 0.29) is 11.8 Å². The van der Waals surface area contributed by atoms with E-state index >= 15 is 0 Å². The van der Waals surface area contributed by atoms with Crippen LogP contribution in [0, 0.1) is 0 Å². The molecule has 0 spiro atoms. The van der Waals surface area contributed by atoms with Gasteiger partial charge < -0.3 is 23.7 Å². The highest BCUT2D eigenvalue weighted by Crippen LogP contribution is 2.38. The summed E-state index contributed by atoms with van der Waals surface area (Å²) in [6, 6.07) is 7.76. The van der Waals surface area contributed by atoms with Crippen molar-refractivity contribution in [3.63, 3.8) is 0 Å². The highest BCUT2D eigenvalue weighted by molar-refractivity contribution is 5.97. The van der Waals surface area contributed by atoms with Gasteiger partial charge in [-0.2, -0.15) is 0 Å². The largest absolute Gasteiger partial charge is 0.496 e. The number of methoxy groups -OCH3 is 1. The Morgan fingerprint density at radius 3 is 2.15 bits per heavy atom. The first-order valence-corrected chi connectivity index (χ1v) is 14.4. The minimum Gasteiger partial charge on any atom is -0.496 e. The Balaban J connectivity index is 1.53. The van der Waals surface area contributed by atoms with Gasteiger partial charge in [0.2, 0.25) is 0 Å². The third-order valence-electron chi connectivity index (χ3n) is 6.89. The van der Waals surface area contributed by atoms with Crippen molar-refractivity contribution in [2.75, 3.05) is 26.9 Å². The van der Waals surface area contributed by atoms with Crippen LogP contribution >= 0.6 is 0 Å². The molecular formula is C32H44O7. The topological polar surface area (TPSA) is 80.3 Å². The molecule has 7 heteroatoms. The van der Waals surface area contributed by atoms with Gasteiger partial charge in [0.05, 0.1) is 32.5 Å². The Bertz CT molecular complexity index is 1110. The van der Waals surface area contributed by atoms with E-state index in [4.69, 9.17) is 23.7 Å². The second-order valence-corrected chi connectivity index (χ2v) is 9.86. The zero-order valence-corrected chi connectivity index (χ0v) is 24.2.